The average molecular weight is 303 g/mol. The van der Waals surface area contributed by atoms with Gasteiger partial charge < -0.3 is 5.11 Å². The first-order chi connectivity index (χ1) is 8.98. The molecule has 0 radical (unpaired) electrons. The van der Waals surface area contributed by atoms with Crippen molar-refractivity contribution in [2.45, 2.75) is 31.7 Å². The van der Waals surface area contributed by atoms with Gasteiger partial charge in [-0.25, -0.2) is 12.8 Å². The molecule has 112 valence electrons. The third-order valence-corrected chi connectivity index (χ3v) is 4.75. The molecule has 7 heteroatoms. The molecular formula is C13H18FNO4S. The van der Waals surface area contributed by atoms with Gasteiger partial charge in [0.15, 0.2) is 0 Å². The molecule has 0 saturated heterocycles. The zero-order valence-electron chi connectivity index (χ0n) is 11.8. The first-order valence-electron chi connectivity index (χ1n) is 5.94. The van der Waals surface area contributed by atoms with Crippen LogP contribution in [0.25, 0.3) is 0 Å². The van der Waals surface area contributed by atoms with E-state index in [2.05, 4.69) is 0 Å². The van der Waals surface area contributed by atoms with E-state index in [1.54, 1.807) is 20.8 Å². The van der Waals surface area contributed by atoms with Gasteiger partial charge in [0, 0.05) is 7.05 Å². The van der Waals surface area contributed by atoms with Crippen LogP contribution in [0.2, 0.25) is 0 Å². The van der Waals surface area contributed by atoms with Crippen LogP contribution in [-0.2, 0) is 14.8 Å². The summed E-state index contributed by atoms with van der Waals surface area (Å²) in [5.74, 6) is -1.79. The topological polar surface area (TPSA) is 74.7 Å². The normalized spacial score (nSPS) is 14.3. The summed E-state index contributed by atoms with van der Waals surface area (Å²) in [5.41, 5.74) is -0.784. The van der Waals surface area contributed by atoms with Gasteiger partial charge in [0.1, 0.15) is 11.9 Å². The van der Waals surface area contributed by atoms with E-state index >= 15 is 0 Å². The Bertz CT molecular complexity index is 590. The zero-order valence-corrected chi connectivity index (χ0v) is 12.6. The van der Waals surface area contributed by atoms with Crippen LogP contribution in [-0.4, -0.2) is 36.9 Å². The first kappa shape index (κ1) is 16.6. The van der Waals surface area contributed by atoms with Gasteiger partial charge >= 0.3 is 5.97 Å². The number of halogens is 1. The highest BCUT2D eigenvalue weighted by atomic mass is 32.2. The third-order valence-electron chi connectivity index (χ3n) is 2.91. The number of rotatable bonds is 4. The quantitative estimate of drug-likeness (QED) is 0.922. The maximum absolute atomic E-state index is 12.8. The summed E-state index contributed by atoms with van der Waals surface area (Å²) in [6.07, 6.45) is 0. The molecule has 20 heavy (non-hydrogen) atoms. The molecular weight excluding hydrogens is 285 g/mol. The molecule has 0 bridgehead atoms. The second-order valence-corrected chi connectivity index (χ2v) is 7.58. The molecule has 0 aliphatic carbocycles. The van der Waals surface area contributed by atoms with Gasteiger partial charge in [-0.3, -0.25) is 4.79 Å². The van der Waals surface area contributed by atoms with Crippen LogP contribution in [0.1, 0.15) is 20.8 Å². The lowest BCUT2D eigenvalue weighted by molar-refractivity contribution is -0.144. The summed E-state index contributed by atoms with van der Waals surface area (Å²) in [4.78, 5) is 11.2. The molecule has 0 fully saturated rings. The number of sulfonamides is 1. The van der Waals surface area contributed by atoms with Gasteiger partial charge in [-0.2, -0.15) is 4.31 Å². The fourth-order valence-electron chi connectivity index (χ4n) is 1.98. The number of likely N-dealkylation sites (N-methyl/N-ethyl adjacent to an activating group) is 1. The van der Waals surface area contributed by atoms with Crippen molar-refractivity contribution in [2.75, 3.05) is 7.05 Å². The second-order valence-electron chi connectivity index (χ2n) is 5.58. The minimum atomic E-state index is -4.00. The molecule has 1 atom stereocenters. The Hall–Kier alpha value is -1.47. The minimum absolute atomic E-state index is 0.142. The monoisotopic (exact) mass is 303 g/mol. The summed E-state index contributed by atoms with van der Waals surface area (Å²) in [6.45, 7) is 4.92. The van der Waals surface area contributed by atoms with Crippen molar-refractivity contribution >= 4 is 16.0 Å². The lowest BCUT2D eigenvalue weighted by atomic mass is 9.87. The smallest absolute Gasteiger partial charge is 0.322 e. The van der Waals surface area contributed by atoms with Crippen molar-refractivity contribution in [3.63, 3.8) is 0 Å². The van der Waals surface area contributed by atoms with Gasteiger partial charge in [0.2, 0.25) is 10.0 Å². The van der Waals surface area contributed by atoms with E-state index < -0.39 is 33.3 Å². The Morgan fingerprint density at radius 2 is 1.70 bits per heavy atom. The highest BCUT2D eigenvalue weighted by molar-refractivity contribution is 7.89. The number of benzene rings is 1. The van der Waals surface area contributed by atoms with Crippen LogP contribution in [0.5, 0.6) is 0 Å². The van der Waals surface area contributed by atoms with Crippen LogP contribution < -0.4 is 0 Å². The van der Waals surface area contributed by atoms with E-state index in [1.807, 2.05) is 0 Å². The predicted octanol–water partition coefficient (Wildman–Crippen LogP) is 1.95. The van der Waals surface area contributed by atoms with E-state index in [4.69, 9.17) is 0 Å². The highest BCUT2D eigenvalue weighted by Crippen LogP contribution is 2.28. The molecule has 0 saturated carbocycles. The molecule has 5 nitrogen and oxygen atoms in total. The molecule has 0 aromatic heterocycles. The van der Waals surface area contributed by atoms with Crippen LogP contribution in [0.4, 0.5) is 4.39 Å². The molecule has 0 aliphatic heterocycles. The number of carboxylic acids is 1. The Balaban J connectivity index is 3.26. The average Bonchev–Trinajstić information content (AvgIpc) is 2.26. The first-order valence-corrected chi connectivity index (χ1v) is 7.38. The fraction of sp³-hybridized carbons (Fsp3) is 0.462. The molecule has 1 aromatic rings. The van der Waals surface area contributed by atoms with E-state index in [9.17, 15) is 22.7 Å². The number of carbonyl (C=O) groups is 1. The maximum Gasteiger partial charge on any atom is 0.322 e. The molecule has 1 rings (SSSR count). The van der Waals surface area contributed by atoms with Crippen LogP contribution in [0, 0.1) is 11.2 Å². The number of hydrogen-bond acceptors (Lipinski definition) is 3. The van der Waals surface area contributed by atoms with Crippen LogP contribution in [0.15, 0.2) is 29.2 Å². The summed E-state index contributed by atoms with van der Waals surface area (Å²) >= 11 is 0. The van der Waals surface area contributed by atoms with Crippen molar-refractivity contribution in [3.05, 3.63) is 30.1 Å². The van der Waals surface area contributed by atoms with Gasteiger partial charge in [-0.05, 0) is 29.7 Å². The summed E-state index contributed by atoms with van der Waals surface area (Å²) in [6, 6.07) is 3.05. The van der Waals surface area contributed by atoms with Gasteiger partial charge in [0.05, 0.1) is 4.90 Å². The summed E-state index contributed by atoms with van der Waals surface area (Å²) in [7, 11) is -2.79. The Morgan fingerprint density at radius 3 is 2.05 bits per heavy atom. The lowest BCUT2D eigenvalue weighted by Gasteiger charge is -2.33. The summed E-state index contributed by atoms with van der Waals surface area (Å²) < 4.78 is 38.4. The van der Waals surface area contributed by atoms with Crippen molar-refractivity contribution in [1.29, 1.82) is 0 Å². The zero-order chi connectivity index (χ0) is 15.7. The molecule has 1 aromatic carbocycles. The number of nitrogens with zero attached hydrogens (tertiary/aromatic N) is 1. The second kappa shape index (κ2) is 5.49. The molecule has 0 amide bonds. The molecule has 0 heterocycles. The predicted molar refractivity (Wildman–Crippen MR) is 72.2 cm³/mol. The van der Waals surface area contributed by atoms with Crippen molar-refractivity contribution in [2.24, 2.45) is 5.41 Å². The van der Waals surface area contributed by atoms with Crippen molar-refractivity contribution in [1.82, 2.24) is 4.31 Å². The number of hydrogen-bond donors (Lipinski definition) is 1. The Labute approximate surface area is 118 Å². The molecule has 0 aliphatic rings. The van der Waals surface area contributed by atoms with E-state index in [-0.39, 0.29) is 4.90 Å². The lowest BCUT2D eigenvalue weighted by Crippen LogP contribution is -2.49. The minimum Gasteiger partial charge on any atom is -0.480 e. The van der Waals surface area contributed by atoms with Gasteiger partial charge in [-0.15, -0.1) is 0 Å². The Kier molecular flexibility index (Phi) is 4.55. The maximum atomic E-state index is 12.8. The Morgan fingerprint density at radius 1 is 1.25 bits per heavy atom. The standard InChI is InChI=1S/C13H18FNO4S/c1-13(2,3)11(12(16)17)15(4)20(18,19)10-7-5-9(14)6-8-10/h5-8,11H,1-4H3,(H,16,17). The SMILES string of the molecule is CN(C(C(=O)O)C(C)(C)C)S(=O)(=O)c1ccc(F)cc1. The van der Waals surface area contributed by atoms with Crippen molar-refractivity contribution < 1.29 is 22.7 Å². The fourth-order valence-corrected chi connectivity index (χ4v) is 3.48. The number of carboxylic acid groups (broad SMARTS) is 1. The number of aliphatic carboxylic acids is 1. The van der Waals surface area contributed by atoms with Crippen LogP contribution >= 0.6 is 0 Å². The third kappa shape index (κ3) is 3.34. The van der Waals surface area contributed by atoms with E-state index in [0.29, 0.717) is 0 Å². The summed E-state index contributed by atoms with van der Waals surface area (Å²) in [5, 5.41) is 9.27. The molecule has 0 spiro atoms. The largest absolute Gasteiger partial charge is 0.480 e. The van der Waals surface area contributed by atoms with Gasteiger partial charge in [0.25, 0.3) is 0 Å². The van der Waals surface area contributed by atoms with E-state index in [0.717, 1.165) is 28.6 Å². The van der Waals surface area contributed by atoms with Crippen LogP contribution in [0.3, 0.4) is 0 Å². The molecule has 1 unspecified atom stereocenters. The van der Waals surface area contributed by atoms with Gasteiger partial charge in [-0.1, -0.05) is 20.8 Å². The van der Waals surface area contributed by atoms with E-state index in [1.165, 1.54) is 7.05 Å². The highest BCUT2D eigenvalue weighted by Gasteiger charge is 2.40. The molecule has 1 N–H and O–H groups in total. The van der Waals surface area contributed by atoms with Crippen molar-refractivity contribution in [3.8, 4) is 0 Å².